The van der Waals surface area contributed by atoms with E-state index in [0.717, 1.165) is 0 Å². The fraction of sp³-hybridized carbons (Fsp3) is 1.00. The second-order valence-corrected chi connectivity index (χ2v) is 4.09. The molecule has 0 aliphatic heterocycles. The molecule has 5 heteroatoms. The molecule has 0 aliphatic carbocycles. The molecule has 10 heavy (non-hydrogen) atoms. The number of ether oxygens (including phenoxy) is 1. The zero-order chi connectivity index (χ0) is 8.20. The molecule has 0 fully saturated rings. The maximum atomic E-state index is 5.50. The SMILES string of the molecule is CCOC(CN)C(Cl)(Cl)Cl. The van der Waals surface area contributed by atoms with E-state index in [9.17, 15) is 0 Å². The van der Waals surface area contributed by atoms with Crippen molar-refractivity contribution in [1.82, 2.24) is 0 Å². The van der Waals surface area contributed by atoms with Crippen LogP contribution in [0.15, 0.2) is 0 Å². The van der Waals surface area contributed by atoms with E-state index in [0.29, 0.717) is 6.61 Å². The maximum Gasteiger partial charge on any atom is 0.217 e. The predicted octanol–water partition coefficient (Wildman–Crippen LogP) is 1.72. The van der Waals surface area contributed by atoms with Gasteiger partial charge in [0, 0.05) is 13.2 Å². The molecule has 0 aromatic heterocycles. The van der Waals surface area contributed by atoms with Crippen molar-refractivity contribution in [2.24, 2.45) is 5.73 Å². The van der Waals surface area contributed by atoms with Crippen molar-refractivity contribution in [2.75, 3.05) is 13.2 Å². The van der Waals surface area contributed by atoms with Gasteiger partial charge in [0.15, 0.2) is 0 Å². The highest BCUT2D eigenvalue weighted by Gasteiger charge is 2.31. The van der Waals surface area contributed by atoms with Crippen LogP contribution in [0.3, 0.4) is 0 Å². The number of hydrogen-bond donors (Lipinski definition) is 1. The Hall–Kier alpha value is 0.790. The molecule has 1 unspecified atom stereocenters. The Balaban J connectivity index is 3.81. The molecule has 1 atom stereocenters. The van der Waals surface area contributed by atoms with Crippen LogP contribution in [0.1, 0.15) is 6.92 Å². The molecule has 2 nitrogen and oxygen atoms in total. The minimum atomic E-state index is -1.41. The number of nitrogens with two attached hydrogens (primary N) is 1. The van der Waals surface area contributed by atoms with Gasteiger partial charge in [-0.2, -0.15) is 0 Å². The molecule has 0 aromatic rings. The third-order valence-electron chi connectivity index (χ3n) is 0.947. The highest BCUT2D eigenvalue weighted by Crippen LogP contribution is 2.31. The summed E-state index contributed by atoms with van der Waals surface area (Å²) in [7, 11) is 0. The van der Waals surface area contributed by atoms with Gasteiger partial charge in [-0.15, -0.1) is 0 Å². The lowest BCUT2D eigenvalue weighted by Crippen LogP contribution is -2.36. The highest BCUT2D eigenvalue weighted by molar-refractivity contribution is 6.68. The fourth-order valence-electron chi connectivity index (χ4n) is 0.497. The third-order valence-corrected chi connectivity index (χ3v) is 1.68. The molecule has 0 spiro atoms. The summed E-state index contributed by atoms with van der Waals surface area (Å²) in [6.45, 7) is 2.53. The monoisotopic (exact) mass is 205 g/mol. The normalized spacial score (nSPS) is 15.3. The molecule has 62 valence electrons. The van der Waals surface area contributed by atoms with Crippen LogP contribution < -0.4 is 5.73 Å². The van der Waals surface area contributed by atoms with Crippen LogP contribution in [-0.2, 0) is 4.74 Å². The summed E-state index contributed by atoms with van der Waals surface area (Å²) in [5.74, 6) is 0. The van der Waals surface area contributed by atoms with Crippen LogP contribution >= 0.6 is 34.8 Å². The summed E-state index contributed by atoms with van der Waals surface area (Å²) in [6.07, 6.45) is -0.512. The second kappa shape index (κ2) is 4.62. The van der Waals surface area contributed by atoms with E-state index in [2.05, 4.69) is 0 Å². The van der Waals surface area contributed by atoms with Gasteiger partial charge in [0.1, 0.15) is 6.10 Å². The molecule has 0 saturated heterocycles. The van der Waals surface area contributed by atoms with Gasteiger partial charge in [0.05, 0.1) is 0 Å². The molecule has 0 aliphatic rings. The Kier molecular flexibility index (Phi) is 4.99. The van der Waals surface area contributed by atoms with Crippen molar-refractivity contribution >= 4 is 34.8 Å². The predicted molar refractivity (Wildman–Crippen MR) is 44.8 cm³/mol. The fourth-order valence-corrected chi connectivity index (χ4v) is 0.954. The first-order valence-electron chi connectivity index (χ1n) is 2.90. The third kappa shape index (κ3) is 3.84. The molecule has 0 aromatic carbocycles. The minimum Gasteiger partial charge on any atom is -0.373 e. The van der Waals surface area contributed by atoms with Crippen LogP contribution in [0.2, 0.25) is 0 Å². The molecule has 0 rings (SSSR count). The van der Waals surface area contributed by atoms with Gasteiger partial charge in [-0.05, 0) is 6.92 Å². The van der Waals surface area contributed by atoms with E-state index in [1.807, 2.05) is 6.92 Å². The maximum absolute atomic E-state index is 5.50. The molecular formula is C5H10Cl3NO. The average molecular weight is 207 g/mol. The van der Waals surface area contributed by atoms with Gasteiger partial charge in [-0.3, -0.25) is 0 Å². The van der Waals surface area contributed by atoms with Crippen molar-refractivity contribution in [3.05, 3.63) is 0 Å². The molecule has 0 bridgehead atoms. The number of alkyl halides is 3. The molecular weight excluding hydrogens is 196 g/mol. The molecule has 0 radical (unpaired) electrons. The van der Waals surface area contributed by atoms with Crippen molar-refractivity contribution < 1.29 is 4.74 Å². The average Bonchev–Trinajstić information content (AvgIpc) is 1.80. The molecule has 0 heterocycles. The van der Waals surface area contributed by atoms with Crippen LogP contribution in [0, 0.1) is 0 Å². The topological polar surface area (TPSA) is 35.2 Å². The molecule has 2 N–H and O–H groups in total. The van der Waals surface area contributed by atoms with E-state index in [1.165, 1.54) is 0 Å². The largest absolute Gasteiger partial charge is 0.373 e. The van der Waals surface area contributed by atoms with Gasteiger partial charge in [-0.25, -0.2) is 0 Å². The second-order valence-electron chi connectivity index (χ2n) is 1.72. The van der Waals surface area contributed by atoms with Gasteiger partial charge < -0.3 is 10.5 Å². The number of halogens is 3. The first-order chi connectivity index (χ1) is 4.52. The molecule has 0 amide bonds. The summed E-state index contributed by atoms with van der Waals surface area (Å²) < 4.78 is 3.62. The lowest BCUT2D eigenvalue weighted by molar-refractivity contribution is 0.0719. The van der Waals surface area contributed by atoms with Gasteiger partial charge in [0.2, 0.25) is 3.79 Å². The Labute approximate surface area is 75.6 Å². The van der Waals surface area contributed by atoms with Gasteiger partial charge in [0.25, 0.3) is 0 Å². The van der Waals surface area contributed by atoms with Crippen molar-refractivity contribution in [2.45, 2.75) is 16.8 Å². The van der Waals surface area contributed by atoms with Gasteiger partial charge >= 0.3 is 0 Å². The quantitative estimate of drug-likeness (QED) is 0.714. The number of rotatable bonds is 3. The zero-order valence-corrected chi connectivity index (χ0v) is 7.88. The summed E-state index contributed by atoms with van der Waals surface area (Å²) >= 11 is 16.5. The smallest absolute Gasteiger partial charge is 0.217 e. The van der Waals surface area contributed by atoms with E-state index >= 15 is 0 Å². The minimum absolute atomic E-state index is 0.213. The van der Waals surface area contributed by atoms with Gasteiger partial charge in [-0.1, -0.05) is 34.8 Å². The number of hydrogen-bond acceptors (Lipinski definition) is 2. The lowest BCUT2D eigenvalue weighted by atomic mass is 10.4. The Bertz CT molecular complexity index is 93.4. The van der Waals surface area contributed by atoms with E-state index in [4.69, 9.17) is 45.3 Å². The summed E-state index contributed by atoms with van der Waals surface area (Å²) in [4.78, 5) is 0. The summed E-state index contributed by atoms with van der Waals surface area (Å²) in [5, 5.41) is 0. The van der Waals surface area contributed by atoms with E-state index in [-0.39, 0.29) is 6.54 Å². The Morgan fingerprint density at radius 2 is 2.00 bits per heavy atom. The van der Waals surface area contributed by atoms with Crippen molar-refractivity contribution in [1.29, 1.82) is 0 Å². The first-order valence-corrected chi connectivity index (χ1v) is 4.04. The van der Waals surface area contributed by atoms with Crippen LogP contribution in [0.5, 0.6) is 0 Å². The highest BCUT2D eigenvalue weighted by atomic mass is 35.6. The first kappa shape index (κ1) is 10.8. The van der Waals surface area contributed by atoms with Crippen molar-refractivity contribution in [3.8, 4) is 0 Å². The van der Waals surface area contributed by atoms with Crippen LogP contribution in [0.4, 0.5) is 0 Å². The summed E-state index contributed by atoms with van der Waals surface area (Å²) in [5.41, 5.74) is 5.27. The van der Waals surface area contributed by atoms with E-state index in [1.54, 1.807) is 0 Å². The van der Waals surface area contributed by atoms with E-state index < -0.39 is 9.90 Å². The van der Waals surface area contributed by atoms with Crippen LogP contribution in [0.25, 0.3) is 0 Å². The Morgan fingerprint density at radius 1 is 1.50 bits per heavy atom. The summed E-state index contributed by atoms with van der Waals surface area (Å²) in [6, 6.07) is 0. The Morgan fingerprint density at radius 3 is 2.10 bits per heavy atom. The van der Waals surface area contributed by atoms with Crippen molar-refractivity contribution in [3.63, 3.8) is 0 Å². The molecule has 0 saturated carbocycles. The standard InChI is InChI=1S/C5H10Cl3NO/c1-2-10-4(3-9)5(6,7)8/h4H,2-3,9H2,1H3. The lowest BCUT2D eigenvalue weighted by Gasteiger charge is -2.22. The zero-order valence-electron chi connectivity index (χ0n) is 5.61. The van der Waals surface area contributed by atoms with Crippen LogP contribution in [-0.4, -0.2) is 23.0 Å².